The van der Waals surface area contributed by atoms with Crippen molar-refractivity contribution in [1.82, 2.24) is 0 Å². The van der Waals surface area contributed by atoms with Crippen LogP contribution in [0.5, 0.6) is 0 Å². The fourth-order valence-corrected chi connectivity index (χ4v) is 5.18. The van der Waals surface area contributed by atoms with E-state index in [9.17, 15) is 0 Å². The molecule has 2 fully saturated rings. The number of fused-ring (bicyclic) bond motifs is 1. The van der Waals surface area contributed by atoms with Crippen LogP contribution < -0.4 is 24.8 Å². The Morgan fingerprint density at radius 2 is 1.40 bits per heavy atom. The molecule has 0 aliphatic heterocycles. The smallest absolute Gasteiger partial charge is 1.00 e. The van der Waals surface area contributed by atoms with Crippen molar-refractivity contribution in [3.05, 3.63) is 77.9 Å². The minimum atomic E-state index is 0. The van der Waals surface area contributed by atoms with Crippen LogP contribution in [0.2, 0.25) is 0 Å². The molecule has 0 N–H and O–H groups in total. The van der Waals surface area contributed by atoms with Crippen LogP contribution in [-0.4, -0.2) is 0 Å². The molecule has 158 valence electrons. The van der Waals surface area contributed by atoms with Gasteiger partial charge in [0.25, 0.3) is 0 Å². The molecule has 30 heavy (non-hydrogen) atoms. The molecule has 0 heterocycles. The van der Waals surface area contributed by atoms with Gasteiger partial charge in [-0.1, -0.05) is 82.1 Å². The maximum atomic E-state index is 3.49. The van der Waals surface area contributed by atoms with E-state index >= 15 is 0 Å². The first-order chi connectivity index (χ1) is 13.4. The van der Waals surface area contributed by atoms with Gasteiger partial charge in [-0.05, 0) is 0 Å². The Labute approximate surface area is 214 Å². The summed E-state index contributed by atoms with van der Waals surface area (Å²) in [6.45, 7) is 0. The SMILES string of the molecule is [C-]1=CC=CC1=C(C1CCCCC1)C1CCCCC1.[Cl-].[Cl-].[Zr+4].c1ccc2[cH-]ccc2c1. The molecule has 2 saturated carbocycles. The topological polar surface area (TPSA) is 0 Å². The van der Waals surface area contributed by atoms with Crippen LogP contribution in [0.1, 0.15) is 64.2 Å². The second-order valence-corrected chi connectivity index (χ2v) is 8.36. The van der Waals surface area contributed by atoms with Gasteiger partial charge < -0.3 is 24.8 Å². The Kier molecular flexibility index (Phi) is 13.4. The van der Waals surface area contributed by atoms with E-state index in [0.29, 0.717) is 0 Å². The molecule has 0 saturated heterocycles. The fraction of sp³-hybridized carbons (Fsp3) is 0.444. The van der Waals surface area contributed by atoms with E-state index in [2.05, 4.69) is 66.8 Å². The Morgan fingerprint density at radius 1 is 0.800 bits per heavy atom. The van der Waals surface area contributed by atoms with Crippen LogP contribution >= 0.6 is 0 Å². The molecule has 3 aliphatic carbocycles. The van der Waals surface area contributed by atoms with E-state index < -0.39 is 0 Å². The molecule has 0 unspecified atom stereocenters. The van der Waals surface area contributed by atoms with Crippen LogP contribution in [0.15, 0.2) is 71.8 Å². The zero-order valence-electron chi connectivity index (χ0n) is 17.8. The molecule has 0 bridgehead atoms. The van der Waals surface area contributed by atoms with Crippen molar-refractivity contribution < 1.29 is 51.0 Å². The monoisotopic (exact) mass is 516 g/mol. The van der Waals surface area contributed by atoms with E-state index in [1.165, 1.54) is 80.6 Å². The average Bonchev–Trinajstić information content (AvgIpc) is 3.42. The molecule has 3 aliphatic rings. The summed E-state index contributed by atoms with van der Waals surface area (Å²) in [7, 11) is 0. The van der Waals surface area contributed by atoms with Gasteiger partial charge in [0, 0.05) is 0 Å². The van der Waals surface area contributed by atoms with Gasteiger partial charge in [0.15, 0.2) is 0 Å². The van der Waals surface area contributed by atoms with Crippen LogP contribution in [0.4, 0.5) is 0 Å². The zero-order chi connectivity index (χ0) is 18.3. The average molecular weight is 519 g/mol. The van der Waals surface area contributed by atoms with Gasteiger partial charge in [0.2, 0.25) is 0 Å². The fourth-order valence-electron chi connectivity index (χ4n) is 5.18. The number of hydrogen-bond acceptors (Lipinski definition) is 0. The summed E-state index contributed by atoms with van der Waals surface area (Å²) >= 11 is 0. The van der Waals surface area contributed by atoms with Crippen LogP contribution in [0.3, 0.4) is 0 Å². The molecular weight excluding hydrogens is 486 g/mol. The van der Waals surface area contributed by atoms with Gasteiger partial charge in [0.05, 0.1) is 0 Å². The predicted molar refractivity (Wildman–Crippen MR) is 117 cm³/mol. The first-order valence-electron chi connectivity index (χ1n) is 11.0. The summed E-state index contributed by atoms with van der Waals surface area (Å²) in [6.07, 6.45) is 24.5. The van der Waals surface area contributed by atoms with Gasteiger partial charge in [-0.15, -0.1) is 41.3 Å². The molecule has 2 aromatic rings. The summed E-state index contributed by atoms with van der Waals surface area (Å²) in [5.74, 6) is 1.75. The van der Waals surface area contributed by atoms with Gasteiger partial charge >= 0.3 is 26.2 Å². The van der Waals surface area contributed by atoms with Crippen molar-refractivity contribution in [2.75, 3.05) is 0 Å². The molecule has 0 atom stereocenters. The summed E-state index contributed by atoms with van der Waals surface area (Å²) in [5, 5.41) is 2.66. The van der Waals surface area contributed by atoms with E-state index in [4.69, 9.17) is 0 Å². The summed E-state index contributed by atoms with van der Waals surface area (Å²) in [4.78, 5) is 0. The van der Waals surface area contributed by atoms with E-state index in [1.807, 2.05) is 0 Å². The first-order valence-corrected chi connectivity index (χ1v) is 11.0. The van der Waals surface area contributed by atoms with Gasteiger partial charge in [-0.3, -0.25) is 0 Å². The third-order valence-corrected chi connectivity index (χ3v) is 6.55. The van der Waals surface area contributed by atoms with Crippen molar-refractivity contribution in [2.24, 2.45) is 11.8 Å². The van der Waals surface area contributed by atoms with E-state index in [0.717, 1.165) is 11.8 Å². The van der Waals surface area contributed by atoms with Crippen LogP contribution in [-0.2, 0) is 26.2 Å². The van der Waals surface area contributed by atoms with Gasteiger partial charge in [-0.25, -0.2) is 0 Å². The minimum absolute atomic E-state index is 0. The van der Waals surface area contributed by atoms with E-state index in [1.54, 1.807) is 5.57 Å². The predicted octanol–water partition coefficient (Wildman–Crippen LogP) is 1.94. The van der Waals surface area contributed by atoms with E-state index in [-0.39, 0.29) is 51.0 Å². The second-order valence-electron chi connectivity index (χ2n) is 8.36. The van der Waals surface area contributed by atoms with Crippen molar-refractivity contribution in [3.63, 3.8) is 0 Å². The molecule has 0 amide bonds. The first kappa shape index (κ1) is 27.5. The third kappa shape index (κ3) is 7.29. The molecule has 5 rings (SSSR count). The molecule has 0 spiro atoms. The summed E-state index contributed by atoms with van der Waals surface area (Å²) < 4.78 is 0. The Morgan fingerprint density at radius 3 is 1.93 bits per heavy atom. The molecule has 3 heteroatoms. The normalized spacial score (nSPS) is 18.6. The third-order valence-electron chi connectivity index (χ3n) is 6.55. The number of benzene rings is 1. The maximum Gasteiger partial charge on any atom is 4.00 e. The molecule has 2 aromatic carbocycles. The molecule has 0 nitrogen and oxygen atoms in total. The van der Waals surface area contributed by atoms with Gasteiger partial charge in [0.1, 0.15) is 0 Å². The zero-order valence-corrected chi connectivity index (χ0v) is 21.7. The van der Waals surface area contributed by atoms with Crippen molar-refractivity contribution in [3.8, 4) is 0 Å². The minimum Gasteiger partial charge on any atom is -1.00 e. The standard InChI is InChI=1S/C18H25.C9H7.2ClH.Zr/c1-3-9-15(10-4-1)18(17-13-7-8-14-17)16-11-5-2-6-12-16;1-2-5-9-7-3-6-8(9)4-1;;;/h7-8,13,15-16H,1-6,9-12H2;1-7H;2*1H;/q2*-1;;;+4/p-2. The quantitative estimate of drug-likeness (QED) is 0.534. The van der Waals surface area contributed by atoms with Crippen molar-refractivity contribution >= 4 is 10.8 Å². The summed E-state index contributed by atoms with van der Waals surface area (Å²) in [6, 6.07) is 14.7. The second kappa shape index (κ2) is 14.6. The Bertz CT molecular complexity index is 754. The Balaban J connectivity index is 0.000000321. The Hall–Kier alpha value is -0.487. The number of rotatable bonds is 2. The number of hydrogen-bond donors (Lipinski definition) is 0. The van der Waals surface area contributed by atoms with Crippen LogP contribution in [0.25, 0.3) is 10.8 Å². The van der Waals surface area contributed by atoms with Crippen molar-refractivity contribution in [1.29, 1.82) is 0 Å². The van der Waals surface area contributed by atoms with Crippen molar-refractivity contribution in [2.45, 2.75) is 64.2 Å². The van der Waals surface area contributed by atoms with Gasteiger partial charge in [-0.2, -0.15) is 41.3 Å². The molecular formula is C27H32Cl2Zr. The van der Waals surface area contributed by atoms with Crippen LogP contribution in [0, 0.1) is 17.9 Å². The largest absolute Gasteiger partial charge is 4.00 e. The molecule has 0 aromatic heterocycles. The number of allylic oxidation sites excluding steroid dienone is 6. The maximum absolute atomic E-state index is 3.49. The summed E-state index contributed by atoms with van der Waals surface area (Å²) in [5.41, 5.74) is 3.24. The molecule has 0 radical (unpaired) electrons. The number of halogens is 2.